The van der Waals surface area contributed by atoms with Crippen molar-refractivity contribution in [2.45, 2.75) is 25.8 Å². The van der Waals surface area contributed by atoms with Crippen molar-refractivity contribution in [3.05, 3.63) is 23.7 Å². The van der Waals surface area contributed by atoms with Crippen LogP contribution in [0.3, 0.4) is 0 Å². The van der Waals surface area contributed by atoms with Crippen LogP contribution < -0.4 is 11.3 Å². The lowest BCUT2D eigenvalue weighted by molar-refractivity contribution is -0.218. The highest BCUT2D eigenvalue weighted by atomic mass is 19.4. The van der Waals surface area contributed by atoms with Crippen molar-refractivity contribution < 1.29 is 27.1 Å². The molecule has 1 amide bonds. The molecule has 1 atom stereocenters. The largest absolute Gasteiger partial charge is 0.453 e. The van der Waals surface area contributed by atoms with E-state index >= 15 is 0 Å². The standard InChI is InChI=1S/C9H11F3N2O3/c1-5(9(10,11)12)16-4-6-2-3-7(17-6)8(15)14-13/h2-3,5H,4,13H2,1H3,(H,14,15). The van der Waals surface area contributed by atoms with Gasteiger partial charge in [0.2, 0.25) is 0 Å². The van der Waals surface area contributed by atoms with Crippen molar-refractivity contribution in [1.82, 2.24) is 5.43 Å². The molecule has 0 spiro atoms. The van der Waals surface area contributed by atoms with Gasteiger partial charge in [-0.15, -0.1) is 0 Å². The van der Waals surface area contributed by atoms with Crippen molar-refractivity contribution in [2.24, 2.45) is 5.84 Å². The number of furan rings is 1. The predicted octanol–water partition coefficient (Wildman–Crippen LogP) is 1.35. The quantitative estimate of drug-likeness (QED) is 0.481. The molecule has 1 aromatic rings. The number of carbonyl (C=O) groups is 1. The lowest BCUT2D eigenvalue weighted by Crippen LogP contribution is -2.29. The maximum atomic E-state index is 12.1. The summed E-state index contributed by atoms with van der Waals surface area (Å²) in [4.78, 5) is 11.0. The highest BCUT2D eigenvalue weighted by Crippen LogP contribution is 2.23. The Morgan fingerprint density at radius 3 is 2.76 bits per heavy atom. The number of rotatable bonds is 4. The van der Waals surface area contributed by atoms with Crippen LogP contribution >= 0.6 is 0 Å². The third-order valence-corrected chi connectivity index (χ3v) is 1.95. The molecule has 0 saturated heterocycles. The molecule has 0 aliphatic rings. The first-order valence-corrected chi connectivity index (χ1v) is 4.62. The number of carbonyl (C=O) groups excluding carboxylic acids is 1. The number of nitrogens with one attached hydrogen (secondary N) is 1. The zero-order chi connectivity index (χ0) is 13.1. The van der Waals surface area contributed by atoms with Crippen LogP contribution in [-0.2, 0) is 11.3 Å². The second-order valence-corrected chi connectivity index (χ2v) is 3.23. The normalized spacial score (nSPS) is 13.5. The molecule has 1 rings (SSSR count). The van der Waals surface area contributed by atoms with Crippen LogP contribution in [0.1, 0.15) is 23.2 Å². The summed E-state index contributed by atoms with van der Waals surface area (Å²) in [7, 11) is 0. The van der Waals surface area contributed by atoms with E-state index in [1.54, 1.807) is 0 Å². The molecule has 5 nitrogen and oxygen atoms in total. The third-order valence-electron chi connectivity index (χ3n) is 1.95. The smallest absolute Gasteiger partial charge is 0.414 e. The molecule has 0 bridgehead atoms. The van der Waals surface area contributed by atoms with E-state index in [0.717, 1.165) is 6.92 Å². The van der Waals surface area contributed by atoms with E-state index in [2.05, 4.69) is 4.74 Å². The molecule has 8 heteroatoms. The van der Waals surface area contributed by atoms with Crippen LogP contribution in [0.25, 0.3) is 0 Å². The van der Waals surface area contributed by atoms with Gasteiger partial charge in [0.1, 0.15) is 12.4 Å². The second-order valence-electron chi connectivity index (χ2n) is 3.23. The van der Waals surface area contributed by atoms with Gasteiger partial charge in [-0.3, -0.25) is 10.2 Å². The van der Waals surface area contributed by atoms with Gasteiger partial charge in [0.25, 0.3) is 0 Å². The Morgan fingerprint density at radius 1 is 1.59 bits per heavy atom. The van der Waals surface area contributed by atoms with Crippen molar-refractivity contribution in [2.75, 3.05) is 0 Å². The minimum atomic E-state index is -4.43. The van der Waals surface area contributed by atoms with Gasteiger partial charge in [0.15, 0.2) is 11.9 Å². The van der Waals surface area contributed by atoms with Gasteiger partial charge in [-0.1, -0.05) is 0 Å². The predicted molar refractivity (Wildman–Crippen MR) is 50.7 cm³/mol. The average Bonchev–Trinajstić information content (AvgIpc) is 2.72. The minimum absolute atomic E-state index is 0.0919. The van der Waals surface area contributed by atoms with Gasteiger partial charge in [-0.25, -0.2) is 5.84 Å². The molecular weight excluding hydrogens is 241 g/mol. The van der Waals surface area contributed by atoms with E-state index in [-0.39, 0.29) is 18.1 Å². The Morgan fingerprint density at radius 2 is 2.24 bits per heavy atom. The van der Waals surface area contributed by atoms with Gasteiger partial charge < -0.3 is 9.15 Å². The first-order chi connectivity index (χ1) is 7.84. The third kappa shape index (κ3) is 3.75. The number of halogens is 3. The van der Waals surface area contributed by atoms with Gasteiger partial charge in [0.05, 0.1) is 0 Å². The zero-order valence-corrected chi connectivity index (χ0v) is 8.88. The summed E-state index contributed by atoms with van der Waals surface area (Å²) in [6.07, 6.45) is -6.33. The number of hydrogen-bond acceptors (Lipinski definition) is 4. The van der Waals surface area contributed by atoms with Crippen LogP contribution in [0.2, 0.25) is 0 Å². The van der Waals surface area contributed by atoms with Crippen molar-refractivity contribution in [1.29, 1.82) is 0 Å². The van der Waals surface area contributed by atoms with Gasteiger partial charge in [0, 0.05) is 0 Å². The lowest BCUT2D eigenvalue weighted by Gasteiger charge is -2.15. The molecule has 0 aliphatic heterocycles. The number of hydrogen-bond donors (Lipinski definition) is 2. The Hall–Kier alpha value is -1.54. The summed E-state index contributed by atoms with van der Waals surface area (Å²) < 4.78 is 45.8. The molecule has 1 aromatic heterocycles. The SMILES string of the molecule is CC(OCc1ccc(C(=O)NN)o1)C(F)(F)F. The molecular formula is C9H11F3N2O3. The van der Waals surface area contributed by atoms with Gasteiger partial charge >= 0.3 is 12.1 Å². The summed E-state index contributed by atoms with van der Waals surface area (Å²) in [5.41, 5.74) is 1.83. The fourth-order valence-electron chi connectivity index (χ4n) is 0.950. The summed E-state index contributed by atoms with van der Waals surface area (Å²) >= 11 is 0. The maximum absolute atomic E-state index is 12.1. The molecule has 0 fully saturated rings. The molecule has 0 radical (unpaired) electrons. The minimum Gasteiger partial charge on any atom is -0.453 e. The average molecular weight is 252 g/mol. The number of nitrogens with two attached hydrogens (primary N) is 1. The van der Waals surface area contributed by atoms with E-state index in [4.69, 9.17) is 10.3 Å². The van der Waals surface area contributed by atoms with E-state index in [9.17, 15) is 18.0 Å². The first kappa shape index (κ1) is 13.5. The summed E-state index contributed by atoms with van der Waals surface area (Å²) in [6, 6.07) is 2.63. The monoisotopic (exact) mass is 252 g/mol. The van der Waals surface area contributed by atoms with Crippen LogP contribution in [0.4, 0.5) is 13.2 Å². The van der Waals surface area contributed by atoms with E-state index < -0.39 is 18.2 Å². The molecule has 0 saturated carbocycles. The lowest BCUT2D eigenvalue weighted by atomic mass is 10.4. The number of hydrazine groups is 1. The molecule has 96 valence electrons. The Labute approximate surface area is 94.7 Å². The Balaban J connectivity index is 2.53. The number of ether oxygens (including phenoxy) is 1. The van der Waals surface area contributed by atoms with Crippen LogP contribution in [0.15, 0.2) is 16.5 Å². The summed E-state index contributed by atoms with van der Waals surface area (Å²) in [5.74, 6) is 4.21. The van der Waals surface area contributed by atoms with Crippen molar-refractivity contribution in [3.8, 4) is 0 Å². The summed E-state index contributed by atoms with van der Waals surface area (Å²) in [5, 5.41) is 0. The number of amides is 1. The topological polar surface area (TPSA) is 77.5 Å². The van der Waals surface area contributed by atoms with Crippen LogP contribution in [-0.4, -0.2) is 18.2 Å². The van der Waals surface area contributed by atoms with Crippen molar-refractivity contribution in [3.63, 3.8) is 0 Å². The number of alkyl halides is 3. The Bertz CT molecular complexity index is 389. The van der Waals surface area contributed by atoms with Gasteiger partial charge in [-0.2, -0.15) is 13.2 Å². The molecule has 1 unspecified atom stereocenters. The van der Waals surface area contributed by atoms with Crippen molar-refractivity contribution >= 4 is 5.91 Å². The van der Waals surface area contributed by atoms with E-state index in [1.165, 1.54) is 12.1 Å². The zero-order valence-electron chi connectivity index (χ0n) is 8.88. The molecule has 1 heterocycles. The second kappa shape index (κ2) is 5.19. The maximum Gasteiger partial charge on any atom is 0.414 e. The molecule has 0 aromatic carbocycles. The fraction of sp³-hybridized carbons (Fsp3) is 0.444. The fourth-order valence-corrected chi connectivity index (χ4v) is 0.950. The highest BCUT2D eigenvalue weighted by Gasteiger charge is 2.37. The number of nitrogen functional groups attached to an aromatic ring is 1. The van der Waals surface area contributed by atoms with Gasteiger partial charge in [-0.05, 0) is 19.1 Å². The highest BCUT2D eigenvalue weighted by molar-refractivity contribution is 5.90. The summed E-state index contributed by atoms with van der Waals surface area (Å²) in [6.45, 7) is 0.509. The molecule has 0 aliphatic carbocycles. The van der Waals surface area contributed by atoms with Crippen LogP contribution in [0.5, 0.6) is 0 Å². The Kier molecular flexibility index (Phi) is 4.13. The van der Waals surface area contributed by atoms with E-state index in [1.807, 2.05) is 5.43 Å². The van der Waals surface area contributed by atoms with E-state index in [0.29, 0.717) is 0 Å². The first-order valence-electron chi connectivity index (χ1n) is 4.62. The molecule has 17 heavy (non-hydrogen) atoms. The van der Waals surface area contributed by atoms with Crippen LogP contribution in [0, 0.1) is 0 Å². The molecule has 3 N–H and O–H groups in total.